The Morgan fingerprint density at radius 2 is 1.89 bits per heavy atom. The van der Waals surface area contributed by atoms with Crippen molar-refractivity contribution in [3.8, 4) is 6.07 Å². The van der Waals surface area contributed by atoms with Crippen molar-refractivity contribution >= 4 is 11.9 Å². The number of rotatable bonds is 3. The number of nitrogens with zero attached hydrogens (tertiary/aromatic N) is 1. The first-order valence-corrected chi connectivity index (χ1v) is 6.59. The average Bonchev–Trinajstić information content (AvgIpc) is 2.82. The van der Waals surface area contributed by atoms with Crippen LogP contribution in [0.2, 0.25) is 0 Å². The largest absolute Gasteiger partial charge is 0.469 e. The maximum absolute atomic E-state index is 12.2. The van der Waals surface area contributed by atoms with E-state index >= 15 is 0 Å². The predicted octanol–water partition coefficient (Wildman–Crippen LogP) is 1.63. The maximum atomic E-state index is 12.2. The van der Waals surface area contributed by atoms with Gasteiger partial charge in [0.1, 0.15) is 6.04 Å². The molecule has 1 aliphatic rings. The van der Waals surface area contributed by atoms with Gasteiger partial charge in [-0.1, -0.05) is 27.2 Å². The molecule has 0 saturated heterocycles. The topological polar surface area (TPSA) is 79.2 Å². The Bertz CT molecular complexity index is 392. The van der Waals surface area contributed by atoms with E-state index in [0.717, 1.165) is 6.42 Å². The van der Waals surface area contributed by atoms with E-state index in [1.165, 1.54) is 7.11 Å². The Hall–Kier alpha value is -1.57. The first kappa shape index (κ1) is 15.5. The second-order valence-electron chi connectivity index (χ2n) is 6.10. The van der Waals surface area contributed by atoms with Gasteiger partial charge in [0.15, 0.2) is 0 Å². The fraction of sp³-hybridized carbons (Fsp3) is 0.786. The Morgan fingerprint density at radius 1 is 1.32 bits per heavy atom. The third kappa shape index (κ3) is 3.69. The van der Waals surface area contributed by atoms with Crippen molar-refractivity contribution in [2.45, 2.75) is 46.1 Å². The van der Waals surface area contributed by atoms with Gasteiger partial charge in [-0.05, 0) is 18.3 Å². The Kier molecular flexibility index (Phi) is 4.93. The maximum Gasteiger partial charge on any atom is 0.309 e. The second-order valence-corrected chi connectivity index (χ2v) is 6.10. The highest BCUT2D eigenvalue weighted by Gasteiger charge is 2.40. The molecule has 1 rings (SSSR count). The van der Waals surface area contributed by atoms with E-state index in [4.69, 9.17) is 10.00 Å². The summed E-state index contributed by atoms with van der Waals surface area (Å²) in [6.07, 6.45) is 2.19. The number of nitrogens with one attached hydrogen (secondary N) is 1. The molecule has 0 bridgehead atoms. The summed E-state index contributed by atoms with van der Waals surface area (Å²) >= 11 is 0. The third-order valence-electron chi connectivity index (χ3n) is 3.64. The van der Waals surface area contributed by atoms with Gasteiger partial charge in [0.05, 0.1) is 25.0 Å². The molecule has 0 aromatic rings. The lowest BCUT2D eigenvalue weighted by Crippen LogP contribution is -2.46. The lowest BCUT2D eigenvalue weighted by Gasteiger charge is -2.27. The highest BCUT2D eigenvalue weighted by molar-refractivity contribution is 5.86. The normalized spacial score (nSPS) is 24.4. The molecule has 5 heteroatoms. The van der Waals surface area contributed by atoms with Crippen molar-refractivity contribution in [2.24, 2.45) is 17.3 Å². The molecule has 0 aromatic heterocycles. The molecule has 0 spiro atoms. The van der Waals surface area contributed by atoms with Crippen molar-refractivity contribution < 1.29 is 14.3 Å². The van der Waals surface area contributed by atoms with Gasteiger partial charge in [-0.25, -0.2) is 0 Å². The molecule has 0 unspecified atom stereocenters. The van der Waals surface area contributed by atoms with Crippen molar-refractivity contribution in [3.05, 3.63) is 0 Å². The van der Waals surface area contributed by atoms with Crippen LogP contribution in [0.15, 0.2) is 0 Å². The number of carbonyl (C=O) groups is 2. The van der Waals surface area contributed by atoms with Crippen LogP contribution in [0.4, 0.5) is 0 Å². The quantitative estimate of drug-likeness (QED) is 0.787. The van der Waals surface area contributed by atoms with E-state index in [1.807, 2.05) is 20.8 Å². The van der Waals surface area contributed by atoms with Crippen LogP contribution in [0.5, 0.6) is 0 Å². The minimum Gasteiger partial charge on any atom is -0.469 e. The fourth-order valence-electron chi connectivity index (χ4n) is 2.40. The van der Waals surface area contributed by atoms with Crippen LogP contribution in [0, 0.1) is 28.6 Å². The molecule has 5 nitrogen and oxygen atoms in total. The summed E-state index contributed by atoms with van der Waals surface area (Å²) in [5.74, 6) is -1.29. The zero-order chi connectivity index (χ0) is 14.6. The molecule has 0 heterocycles. The molecule has 1 fully saturated rings. The summed E-state index contributed by atoms with van der Waals surface area (Å²) in [5.41, 5.74) is -0.330. The van der Waals surface area contributed by atoms with Gasteiger partial charge in [-0.15, -0.1) is 0 Å². The number of esters is 1. The van der Waals surface area contributed by atoms with Crippen molar-refractivity contribution in [1.29, 1.82) is 5.26 Å². The van der Waals surface area contributed by atoms with Gasteiger partial charge in [-0.2, -0.15) is 5.26 Å². The number of hydrogen-bond donors (Lipinski definition) is 1. The van der Waals surface area contributed by atoms with Gasteiger partial charge in [-0.3, -0.25) is 9.59 Å². The molecule has 1 N–H and O–H groups in total. The first-order valence-electron chi connectivity index (χ1n) is 6.59. The minimum absolute atomic E-state index is 0.214. The van der Waals surface area contributed by atoms with Gasteiger partial charge in [0.25, 0.3) is 0 Å². The van der Waals surface area contributed by atoms with Gasteiger partial charge < -0.3 is 10.1 Å². The number of ether oxygens (including phenoxy) is 1. The zero-order valence-electron chi connectivity index (χ0n) is 12.0. The van der Waals surface area contributed by atoms with Crippen LogP contribution in [0.1, 0.15) is 40.0 Å². The second kappa shape index (κ2) is 6.05. The average molecular weight is 266 g/mol. The Balaban J connectivity index is 2.73. The van der Waals surface area contributed by atoms with Crippen LogP contribution in [-0.2, 0) is 14.3 Å². The molecule has 1 saturated carbocycles. The van der Waals surface area contributed by atoms with Crippen LogP contribution < -0.4 is 5.32 Å². The van der Waals surface area contributed by atoms with Gasteiger partial charge >= 0.3 is 5.97 Å². The lowest BCUT2D eigenvalue weighted by molar-refractivity contribution is -0.149. The molecular formula is C14H22N2O3. The van der Waals surface area contributed by atoms with E-state index in [1.54, 1.807) is 0 Å². The smallest absolute Gasteiger partial charge is 0.309 e. The van der Waals surface area contributed by atoms with Crippen molar-refractivity contribution in [1.82, 2.24) is 5.32 Å². The summed E-state index contributed by atoms with van der Waals surface area (Å²) < 4.78 is 4.73. The molecule has 3 atom stereocenters. The number of hydrogen-bond acceptors (Lipinski definition) is 4. The molecule has 1 amide bonds. The van der Waals surface area contributed by atoms with E-state index < -0.39 is 6.04 Å². The number of nitriles is 1. The number of carbonyl (C=O) groups excluding carboxylic acids is 2. The molecule has 19 heavy (non-hydrogen) atoms. The molecule has 106 valence electrons. The molecule has 0 aliphatic heterocycles. The number of amides is 1. The zero-order valence-corrected chi connectivity index (χ0v) is 12.0. The van der Waals surface area contributed by atoms with Crippen LogP contribution >= 0.6 is 0 Å². The minimum atomic E-state index is -0.557. The van der Waals surface area contributed by atoms with Crippen molar-refractivity contribution in [3.63, 3.8) is 0 Å². The Labute approximate surface area is 114 Å². The predicted molar refractivity (Wildman–Crippen MR) is 69.8 cm³/mol. The number of methoxy groups -OCH3 is 1. The van der Waals surface area contributed by atoms with Crippen molar-refractivity contribution in [2.75, 3.05) is 7.11 Å². The third-order valence-corrected chi connectivity index (χ3v) is 3.64. The summed E-state index contributed by atoms with van der Waals surface area (Å²) in [6, 6.07) is 1.55. The summed E-state index contributed by atoms with van der Waals surface area (Å²) in [4.78, 5) is 23.8. The summed E-state index contributed by atoms with van der Waals surface area (Å²) in [6.45, 7) is 5.69. The fourth-order valence-corrected chi connectivity index (χ4v) is 2.40. The van der Waals surface area contributed by atoms with Crippen LogP contribution in [-0.4, -0.2) is 25.0 Å². The van der Waals surface area contributed by atoms with E-state index in [9.17, 15) is 9.59 Å². The molecule has 0 aromatic carbocycles. The highest BCUT2D eigenvalue weighted by atomic mass is 16.5. The first-order chi connectivity index (χ1) is 8.81. The summed E-state index contributed by atoms with van der Waals surface area (Å²) in [7, 11) is 1.34. The highest BCUT2D eigenvalue weighted by Crippen LogP contribution is 2.33. The van der Waals surface area contributed by atoms with Gasteiger partial charge in [0, 0.05) is 0 Å². The summed E-state index contributed by atoms with van der Waals surface area (Å²) in [5, 5.41) is 11.9. The monoisotopic (exact) mass is 266 g/mol. The molecular weight excluding hydrogens is 244 g/mol. The Morgan fingerprint density at radius 3 is 2.37 bits per heavy atom. The van der Waals surface area contributed by atoms with E-state index in [-0.39, 0.29) is 29.1 Å². The van der Waals surface area contributed by atoms with Crippen LogP contribution in [0.3, 0.4) is 0 Å². The van der Waals surface area contributed by atoms with Gasteiger partial charge in [0.2, 0.25) is 5.91 Å². The van der Waals surface area contributed by atoms with E-state index in [0.29, 0.717) is 12.8 Å². The standard InChI is InChI=1S/C14H22N2O3/c1-14(2,3)11(8-15)16-12(17)9-6-5-7-10(9)13(18)19-4/h9-11H,5-7H2,1-4H3,(H,16,17)/t9-,10+,11+/m0/s1. The van der Waals surface area contributed by atoms with Crippen LogP contribution in [0.25, 0.3) is 0 Å². The van der Waals surface area contributed by atoms with E-state index in [2.05, 4.69) is 11.4 Å². The molecule has 0 radical (unpaired) electrons. The lowest BCUT2D eigenvalue weighted by atomic mass is 9.86. The SMILES string of the molecule is COC(=O)[C@@H]1CCC[C@@H]1C(=O)N[C@H](C#N)C(C)(C)C. The molecule has 1 aliphatic carbocycles.